The molecule has 2 aliphatic rings. The van der Waals surface area contributed by atoms with E-state index in [1.807, 2.05) is 0 Å². The van der Waals surface area contributed by atoms with Crippen LogP contribution in [-0.2, 0) is 0 Å². The molecule has 1 saturated heterocycles. The molecule has 2 fully saturated rings. The SMILES string of the molecule is CC1CCC(C2CNC(C)NC2)CC1. The largest absolute Gasteiger partial charge is 0.302 e. The van der Waals surface area contributed by atoms with Crippen molar-refractivity contribution in [1.82, 2.24) is 10.6 Å². The van der Waals surface area contributed by atoms with Gasteiger partial charge in [0.25, 0.3) is 0 Å². The Bertz CT molecular complexity index is 145. The molecule has 0 spiro atoms. The smallest absolute Gasteiger partial charge is 0.0542 e. The van der Waals surface area contributed by atoms with Crippen LogP contribution in [0.4, 0.5) is 0 Å². The van der Waals surface area contributed by atoms with Gasteiger partial charge in [-0.25, -0.2) is 0 Å². The normalized spacial score (nSPS) is 45.0. The molecular formula is C12H24N2. The van der Waals surface area contributed by atoms with Crippen LogP contribution in [0.3, 0.4) is 0 Å². The predicted molar refractivity (Wildman–Crippen MR) is 60.1 cm³/mol. The first-order valence-corrected chi connectivity index (χ1v) is 6.22. The van der Waals surface area contributed by atoms with Crippen LogP contribution in [0.2, 0.25) is 0 Å². The number of rotatable bonds is 1. The van der Waals surface area contributed by atoms with Crippen molar-refractivity contribution in [2.24, 2.45) is 17.8 Å². The average molecular weight is 196 g/mol. The first-order valence-electron chi connectivity index (χ1n) is 6.22. The number of hydrogen-bond donors (Lipinski definition) is 2. The summed E-state index contributed by atoms with van der Waals surface area (Å²) in [5.41, 5.74) is 0. The highest BCUT2D eigenvalue weighted by Crippen LogP contribution is 2.33. The maximum Gasteiger partial charge on any atom is 0.0542 e. The third-order valence-electron chi connectivity index (χ3n) is 4.10. The van der Waals surface area contributed by atoms with E-state index in [9.17, 15) is 0 Å². The van der Waals surface area contributed by atoms with Gasteiger partial charge in [0.1, 0.15) is 0 Å². The van der Waals surface area contributed by atoms with E-state index in [-0.39, 0.29) is 0 Å². The molecule has 1 saturated carbocycles. The number of hydrogen-bond acceptors (Lipinski definition) is 2. The molecule has 0 atom stereocenters. The quantitative estimate of drug-likeness (QED) is 0.670. The third-order valence-corrected chi connectivity index (χ3v) is 4.10. The highest BCUT2D eigenvalue weighted by atomic mass is 15.1. The maximum atomic E-state index is 3.53. The van der Waals surface area contributed by atoms with Crippen molar-refractivity contribution in [3.63, 3.8) is 0 Å². The van der Waals surface area contributed by atoms with E-state index in [1.165, 1.54) is 38.8 Å². The third kappa shape index (κ3) is 2.48. The van der Waals surface area contributed by atoms with Crippen LogP contribution >= 0.6 is 0 Å². The summed E-state index contributed by atoms with van der Waals surface area (Å²) in [7, 11) is 0. The molecule has 0 aromatic carbocycles. The van der Waals surface area contributed by atoms with E-state index in [0.29, 0.717) is 6.17 Å². The van der Waals surface area contributed by atoms with Crippen LogP contribution < -0.4 is 10.6 Å². The minimum Gasteiger partial charge on any atom is -0.302 e. The van der Waals surface area contributed by atoms with Gasteiger partial charge >= 0.3 is 0 Å². The van der Waals surface area contributed by atoms with E-state index >= 15 is 0 Å². The molecule has 2 N–H and O–H groups in total. The Morgan fingerprint density at radius 2 is 1.36 bits per heavy atom. The zero-order valence-corrected chi connectivity index (χ0v) is 9.55. The molecular weight excluding hydrogens is 172 g/mol. The predicted octanol–water partition coefficient (Wildman–Crippen LogP) is 1.97. The standard InChI is InChI=1S/C12H24N2/c1-9-3-5-11(6-4-9)12-7-13-10(2)14-8-12/h9-14H,3-8H2,1-2H3. The molecule has 2 heteroatoms. The summed E-state index contributed by atoms with van der Waals surface area (Å²) in [6.45, 7) is 7.06. The van der Waals surface area contributed by atoms with Gasteiger partial charge in [0.15, 0.2) is 0 Å². The van der Waals surface area contributed by atoms with Crippen LogP contribution in [0.25, 0.3) is 0 Å². The minimum absolute atomic E-state index is 0.522. The summed E-state index contributed by atoms with van der Waals surface area (Å²) in [4.78, 5) is 0. The highest BCUT2D eigenvalue weighted by molar-refractivity contribution is 4.83. The summed E-state index contributed by atoms with van der Waals surface area (Å²) >= 11 is 0. The highest BCUT2D eigenvalue weighted by Gasteiger charge is 2.28. The van der Waals surface area contributed by atoms with Gasteiger partial charge in [-0.2, -0.15) is 0 Å². The van der Waals surface area contributed by atoms with Crippen LogP contribution in [0, 0.1) is 17.8 Å². The second-order valence-electron chi connectivity index (χ2n) is 5.32. The molecule has 1 heterocycles. The summed E-state index contributed by atoms with van der Waals surface area (Å²) in [6, 6.07) is 0. The summed E-state index contributed by atoms with van der Waals surface area (Å²) < 4.78 is 0. The fourth-order valence-corrected chi connectivity index (χ4v) is 2.89. The molecule has 1 aliphatic carbocycles. The molecule has 0 aromatic heterocycles. The van der Waals surface area contributed by atoms with Gasteiger partial charge in [-0.3, -0.25) is 0 Å². The van der Waals surface area contributed by atoms with Gasteiger partial charge in [0.2, 0.25) is 0 Å². The fraction of sp³-hybridized carbons (Fsp3) is 1.00. The molecule has 2 rings (SSSR count). The van der Waals surface area contributed by atoms with Gasteiger partial charge in [-0.05, 0) is 37.5 Å². The zero-order chi connectivity index (χ0) is 9.97. The molecule has 82 valence electrons. The zero-order valence-electron chi connectivity index (χ0n) is 9.55. The Morgan fingerprint density at radius 3 is 1.93 bits per heavy atom. The van der Waals surface area contributed by atoms with Crippen molar-refractivity contribution in [3.8, 4) is 0 Å². The van der Waals surface area contributed by atoms with Gasteiger partial charge in [0.05, 0.1) is 6.17 Å². The van der Waals surface area contributed by atoms with Crippen molar-refractivity contribution in [2.75, 3.05) is 13.1 Å². The van der Waals surface area contributed by atoms with Crippen LogP contribution in [-0.4, -0.2) is 19.3 Å². The van der Waals surface area contributed by atoms with Crippen molar-refractivity contribution < 1.29 is 0 Å². The first-order chi connectivity index (χ1) is 6.75. The molecule has 14 heavy (non-hydrogen) atoms. The van der Waals surface area contributed by atoms with E-state index in [1.54, 1.807) is 0 Å². The fourth-order valence-electron chi connectivity index (χ4n) is 2.89. The van der Waals surface area contributed by atoms with E-state index in [0.717, 1.165) is 17.8 Å². The van der Waals surface area contributed by atoms with E-state index < -0.39 is 0 Å². The van der Waals surface area contributed by atoms with Crippen molar-refractivity contribution in [2.45, 2.75) is 45.7 Å². The van der Waals surface area contributed by atoms with E-state index in [4.69, 9.17) is 0 Å². The van der Waals surface area contributed by atoms with Crippen LogP contribution in [0.5, 0.6) is 0 Å². The molecule has 1 aliphatic heterocycles. The summed E-state index contributed by atoms with van der Waals surface area (Å²) in [5, 5.41) is 7.06. The Hall–Kier alpha value is -0.0800. The molecule has 0 bridgehead atoms. The second-order valence-corrected chi connectivity index (χ2v) is 5.32. The molecule has 2 nitrogen and oxygen atoms in total. The van der Waals surface area contributed by atoms with Crippen LogP contribution in [0.15, 0.2) is 0 Å². The van der Waals surface area contributed by atoms with Gasteiger partial charge in [-0.15, -0.1) is 0 Å². The summed E-state index contributed by atoms with van der Waals surface area (Å²) in [6.07, 6.45) is 6.36. The van der Waals surface area contributed by atoms with Gasteiger partial charge in [-0.1, -0.05) is 19.8 Å². The van der Waals surface area contributed by atoms with Crippen molar-refractivity contribution >= 4 is 0 Å². The Morgan fingerprint density at radius 1 is 0.786 bits per heavy atom. The molecule has 0 radical (unpaired) electrons. The van der Waals surface area contributed by atoms with Crippen molar-refractivity contribution in [3.05, 3.63) is 0 Å². The lowest BCUT2D eigenvalue weighted by atomic mass is 9.76. The number of nitrogens with one attached hydrogen (secondary N) is 2. The van der Waals surface area contributed by atoms with Gasteiger partial charge in [0, 0.05) is 13.1 Å². The molecule has 0 amide bonds. The summed E-state index contributed by atoms with van der Waals surface area (Å²) in [5.74, 6) is 2.85. The maximum absolute atomic E-state index is 3.53. The lowest BCUT2D eigenvalue weighted by Crippen LogP contribution is -2.53. The molecule has 0 unspecified atom stereocenters. The minimum atomic E-state index is 0.522. The van der Waals surface area contributed by atoms with E-state index in [2.05, 4.69) is 24.5 Å². The monoisotopic (exact) mass is 196 g/mol. The average Bonchev–Trinajstić information content (AvgIpc) is 2.21. The lowest BCUT2D eigenvalue weighted by molar-refractivity contribution is 0.171. The second kappa shape index (κ2) is 4.63. The van der Waals surface area contributed by atoms with Gasteiger partial charge < -0.3 is 10.6 Å². The van der Waals surface area contributed by atoms with Crippen molar-refractivity contribution in [1.29, 1.82) is 0 Å². The lowest BCUT2D eigenvalue weighted by Gasteiger charge is -2.37. The Labute approximate surface area is 87.8 Å². The first kappa shape index (κ1) is 10.4. The molecule has 0 aromatic rings. The Balaban J connectivity index is 1.78. The Kier molecular flexibility index (Phi) is 3.45. The topological polar surface area (TPSA) is 24.1 Å². The van der Waals surface area contributed by atoms with Crippen LogP contribution in [0.1, 0.15) is 39.5 Å².